The highest BCUT2D eigenvalue weighted by Gasteiger charge is 2.12. The van der Waals surface area contributed by atoms with Crippen molar-refractivity contribution < 1.29 is 19.2 Å². The normalized spacial score (nSPS) is 9.53. The maximum absolute atomic E-state index is 12.7. The second-order valence-electron chi connectivity index (χ2n) is 2.45. The van der Waals surface area contributed by atoms with E-state index in [0.717, 1.165) is 12.1 Å². The number of hydrogen-bond donors (Lipinski definition) is 1. The summed E-state index contributed by atoms with van der Waals surface area (Å²) >= 11 is 0. The van der Waals surface area contributed by atoms with Gasteiger partial charge >= 0.3 is 5.09 Å². The van der Waals surface area contributed by atoms with Crippen LogP contribution in [0.25, 0.3) is 0 Å². The van der Waals surface area contributed by atoms with Crippen LogP contribution in [0.4, 0.5) is 10.1 Å². The number of ether oxygens (including phenoxy) is 1. The van der Waals surface area contributed by atoms with Crippen LogP contribution in [0.3, 0.4) is 0 Å². The first-order chi connectivity index (χ1) is 7.04. The minimum atomic E-state index is -1.09. The zero-order valence-corrected chi connectivity index (χ0v) is 7.71. The monoisotopic (exact) mass is 217 g/mol. The SMILES string of the molecule is COc1cc(F)ccc1N(N)O[N+](=O)[O-]. The Morgan fingerprint density at radius 1 is 1.60 bits per heavy atom. The first-order valence-corrected chi connectivity index (χ1v) is 3.75. The Hall–Kier alpha value is -2.09. The number of hydrogen-bond acceptors (Lipinski definition) is 6. The molecule has 0 radical (unpaired) electrons. The van der Waals surface area contributed by atoms with Crippen LogP contribution in [-0.2, 0) is 4.94 Å². The molecule has 0 saturated carbocycles. The van der Waals surface area contributed by atoms with Crippen molar-refractivity contribution in [1.29, 1.82) is 0 Å². The number of rotatable bonds is 4. The third-order valence-electron chi connectivity index (χ3n) is 1.53. The molecular weight excluding hydrogens is 209 g/mol. The molecule has 0 amide bonds. The summed E-state index contributed by atoms with van der Waals surface area (Å²) in [5.74, 6) is 4.67. The quantitative estimate of drug-likeness (QED) is 0.452. The fraction of sp³-hybridized carbons (Fsp3) is 0.143. The summed E-state index contributed by atoms with van der Waals surface area (Å²) in [6, 6.07) is 3.29. The lowest BCUT2D eigenvalue weighted by Gasteiger charge is -2.16. The van der Waals surface area contributed by atoms with Gasteiger partial charge in [0, 0.05) is 6.07 Å². The van der Waals surface area contributed by atoms with Crippen molar-refractivity contribution in [2.24, 2.45) is 5.84 Å². The topological polar surface area (TPSA) is 90.9 Å². The van der Waals surface area contributed by atoms with E-state index < -0.39 is 10.9 Å². The largest absolute Gasteiger partial charge is 0.494 e. The van der Waals surface area contributed by atoms with Crippen LogP contribution in [-0.4, -0.2) is 12.2 Å². The van der Waals surface area contributed by atoms with Gasteiger partial charge in [-0.3, -0.25) is 0 Å². The summed E-state index contributed by atoms with van der Waals surface area (Å²) in [5.41, 5.74) is 0.0376. The smallest absolute Gasteiger partial charge is 0.318 e. The molecule has 0 bridgehead atoms. The van der Waals surface area contributed by atoms with E-state index in [1.54, 1.807) is 0 Å². The summed E-state index contributed by atoms with van der Waals surface area (Å²) in [6.07, 6.45) is 0. The van der Waals surface area contributed by atoms with E-state index in [1.165, 1.54) is 13.2 Å². The van der Waals surface area contributed by atoms with Gasteiger partial charge in [0.2, 0.25) is 0 Å². The summed E-state index contributed by atoms with van der Waals surface area (Å²) in [5, 5.41) is 9.28. The fourth-order valence-corrected chi connectivity index (χ4v) is 0.949. The van der Waals surface area contributed by atoms with Crippen LogP contribution in [0, 0.1) is 15.9 Å². The highest BCUT2D eigenvalue weighted by atomic mass is 19.1. The van der Waals surface area contributed by atoms with Crippen molar-refractivity contribution in [1.82, 2.24) is 0 Å². The molecule has 15 heavy (non-hydrogen) atoms. The molecule has 7 nitrogen and oxygen atoms in total. The molecule has 0 aliphatic rings. The second-order valence-corrected chi connectivity index (χ2v) is 2.45. The van der Waals surface area contributed by atoms with Crippen molar-refractivity contribution in [3.05, 3.63) is 34.1 Å². The Kier molecular flexibility index (Phi) is 3.24. The van der Waals surface area contributed by atoms with E-state index in [0.29, 0.717) is 5.17 Å². The molecule has 0 saturated heterocycles. The molecule has 8 heteroatoms. The Labute approximate surface area is 83.8 Å². The van der Waals surface area contributed by atoms with E-state index in [9.17, 15) is 14.5 Å². The molecule has 0 aromatic heterocycles. The van der Waals surface area contributed by atoms with Crippen molar-refractivity contribution in [2.45, 2.75) is 0 Å². The lowest BCUT2D eigenvalue weighted by molar-refractivity contribution is -0.762. The number of methoxy groups -OCH3 is 1. The standard InChI is InChI=1S/C7H8FN3O4/c1-14-7-4-5(8)2-3-6(7)10(9)15-11(12)13/h2-4H,9H2,1H3. The predicted molar refractivity (Wildman–Crippen MR) is 47.7 cm³/mol. The van der Waals surface area contributed by atoms with Crippen molar-refractivity contribution >= 4 is 5.69 Å². The van der Waals surface area contributed by atoms with E-state index in [2.05, 4.69) is 4.94 Å². The van der Waals surface area contributed by atoms with Crippen molar-refractivity contribution in [2.75, 3.05) is 12.3 Å². The molecule has 0 unspecified atom stereocenters. The summed E-state index contributed by atoms with van der Waals surface area (Å²) in [6.45, 7) is 0. The van der Waals surface area contributed by atoms with Gasteiger partial charge in [-0.05, 0) is 12.1 Å². The summed E-state index contributed by atoms with van der Waals surface area (Å²) < 4.78 is 17.5. The van der Waals surface area contributed by atoms with Crippen LogP contribution < -0.4 is 15.8 Å². The third kappa shape index (κ3) is 2.68. The van der Waals surface area contributed by atoms with Gasteiger partial charge in [-0.15, -0.1) is 15.3 Å². The Bertz CT molecular complexity index is 373. The molecule has 2 N–H and O–H groups in total. The Morgan fingerprint density at radius 2 is 2.27 bits per heavy atom. The van der Waals surface area contributed by atoms with Gasteiger partial charge in [0.25, 0.3) is 0 Å². The van der Waals surface area contributed by atoms with Gasteiger partial charge in [0.1, 0.15) is 17.3 Å². The maximum atomic E-state index is 12.7. The van der Waals surface area contributed by atoms with Crippen molar-refractivity contribution in [3.63, 3.8) is 0 Å². The number of nitrogens with two attached hydrogens (primary N) is 1. The highest BCUT2D eigenvalue weighted by molar-refractivity contribution is 5.55. The number of halogens is 1. The average Bonchev–Trinajstić information content (AvgIpc) is 2.16. The van der Waals surface area contributed by atoms with Crippen LogP contribution in [0.1, 0.15) is 0 Å². The van der Waals surface area contributed by atoms with E-state index >= 15 is 0 Å². The summed E-state index contributed by atoms with van der Waals surface area (Å²) in [7, 11) is 1.28. The molecule has 0 aliphatic heterocycles. The molecule has 1 rings (SSSR count). The molecule has 1 aromatic rings. The molecule has 0 spiro atoms. The van der Waals surface area contributed by atoms with Crippen LogP contribution in [0.2, 0.25) is 0 Å². The van der Waals surface area contributed by atoms with Gasteiger partial charge in [-0.25, -0.2) is 10.2 Å². The van der Waals surface area contributed by atoms with Gasteiger partial charge in [-0.2, -0.15) is 4.94 Å². The fourth-order valence-electron chi connectivity index (χ4n) is 0.949. The van der Waals surface area contributed by atoms with Gasteiger partial charge in [0.15, 0.2) is 0 Å². The van der Waals surface area contributed by atoms with E-state index in [1.807, 2.05) is 0 Å². The minimum Gasteiger partial charge on any atom is -0.494 e. The van der Waals surface area contributed by atoms with Crippen LogP contribution >= 0.6 is 0 Å². The van der Waals surface area contributed by atoms with Crippen LogP contribution in [0.5, 0.6) is 5.75 Å². The van der Waals surface area contributed by atoms with E-state index in [-0.39, 0.29) is 11.4 Å². The average molecular weight is 217 g/mol. The molecular formula is C7H8FN3O4. The molecule has 1 aromatic carbocycles. The lowest BCUT2D eigenvalue weighted by Crippen LogP contribution is -2.33. The first kappa shape index (κ1) is 11.0. The van der Waals surface area contributed by atoms with Gasteiger partial charge < -0.3 is 4.74 Å². The number of nitrogens with zero attached hydrogens (tertiary/aromatic N) is 2. The number of anilines is 1. The maximum Gasteiger partial charge on any atom is 0.318 e. The minimum absolute atomic E-state index is 0.0272. The Balaban J connectivity index is 2.97. The first-order valence-electron chi connectivity index (χ1n) is 3.75. The zero-order valence-electron chi connectivity index (χ0n) is 7.71. The molecule has 0 heterocycles. The van der Waals surface area contributed by atoms with Gasteiger partial charge in [0.05, 0.1) is 7.11 Å². The van der Waals surface area contributed by atoms with Crippen LogP contribution in [0.15, 0.2) is 18.2 Å². The molecule has 0 fully saturated rings. The zero-order chi connectivity index (χ0) is 11.4. The lowest BCUT2D eigenvalue weighted by atomic mass is 10.3. The van der Waals surface area contributed by atoms with E-state index in [4.69, 9.17) is 10.6 Å². The predicted octanol–water partition coefficient (Wildman–Crippen LogP) is 0.638. The molecule has 0 atom stereocenters. The Morgan fingerprint density at radius 3 is 2.80 bits per heavy atom. The highest BCUT2D eigenvalue weighted by Crippen LogP contribution is 2.27. The third-order valence-corrected chi connectivity index (χ3v) is 1.53. The molecule has 82 valence electrons. The molecule has 0 aliphatic carbocycles. The van der Waals surface area contributed by atoms with Crippen molar-refractivity contribution in [3.8, 4) is 5.75 Å². The van der Waals surface area contributed by atoms with Gasteiger partial charge in [-0.1, -0.05) is 0 Å². The second kappa shape index (κ2) is 4.42. The summed E-state index contributed by atoms with van der Waals surface area (Å²) in [4.78, 5) is 13.9. The number of benzene rings is 1. The number of hydrazine groups is 1.